The monoisotopic (exact) mass is 228 g/mol. The van der Waals surface area contributed by atoms with Crippen molar-refractivity contribution in [3.05, 3.63) is 65.5 Å². The molecule has 2 aromatic carbocycles. The lowest BCUT2D eigenvalue weighted by molar-refractivity contribution is 0.629. The largest absolute Gasteiger partial charge is 0.326 e. The van der Waals surface area contributed by atoms with E-state index in [1.54, 1.807) is 12.1 Å². The summed E-state index contributed by atoms with van der Waals surface area (Å²) >= 11 is 0. The minimum Gasteiger partial charge on any atom is -0.326 e. The first-order valence-corrected chi connectivity index (χ1v) is 6.15. The Hall–Kier alpha value is -1.61. The van der Waals surface area contributed by atoms with E-state index < -0.39 is 0 Å². The third kappa shape index (κ3) is 3.43. The van der Waals surface area contributed by atoms with E-state index in [1.807, 2.05) is 6.07 Å². The van der Waals surface area contributed by atoms with Crippen LogP contribution in [0, 0.1) is 5.82 Å². The molecule has 0 saturated carbocycles. The molecule has 0 fully saturated rings. The van der Waals surface area contributed by atoms with Crippen LogP contribution in [-0.2, 0) is 12.9 Å². The van der Waals surface area contributed by atoms with Gasteiger partial charge < -0.3 is 5.73 Å². The van der Waals surface area contributed by atoms with Crippen LogP contribution in [0.1, 0.15) is 11.1 Å². The van der Waals surface area contributed by atoms with Gasteiger partial charge in [0.05, 0.1) is 0 Å². The van der Waals surface area contributed by atoms with Gasteiger partial charge in [0.2, 0.25) is 0 Å². The van der Waals surface area contributed by atoms with Crippen LogP contribution in [0.2, 0.25) is 0 Å². The van der Waals surface area contributed by atoms with Crippen molar-refractivity contribution < 1.29 is 4.39 Å². The second kappa shape index (κ2) is 5.64. The summed E-state index contributed by atoms with van der Waals surface area (Å²) in [5, 5.41) is 0. The van der Waals surface area contributed by atoms with Crippen LogP contribution in [0.4, 0.5) is 4.39 Å². The molecule has 2 rings (SSSR count). The molecule has 88 valence electrons. The van der Waals surface area contributed by atoms with Gasteiger partial charge in [-0.25, -0.2) is 9.85 Å². The van der Waals surface area contributed by atoms with Crippen molar-refractivity contribution in [2.75, 3.05) is 0 Å². The van der Waals surface area contributed by atoms with Crippen LogP contribution in [0.5, 0.6) is 0 Å². The van der Waals surface area contributed by atoms with E-state index in [1.165, 1.54) is 11.6 Å². The number of hydrogen-bond donors (Lipinski definition) is 1. The number of halogens is 1. The Balaban J connectivity index is 1.97. The minimum absolute atomic E-state index is 0.135. The number of nitrogens with two attached hydrogens (primary N) is 1. The Labute approximate surface area is 102 Å². The fourth-order valence-corrected chi connectivity index (χ4v) is 2.14. The van der Waals surface area contributed by atoms with Crippen LogP contribution < -0.4 is 11.2 Å². The highest BCUT2D eigenvalue weighted by atomic mass is 19.1. The van der Waals surface area contributed by atoms with Crippen LogP contribution in [-0.4, -0.2) is 7.28 Å². The van der Waals surface area contributed by atoms with Crippen molar-refractivity contribution in [2.45, 2.75) is 12.9 Å². The third-order valence-corrected chi connectivity index (χ3v) is 3.23. The van der Waals surface area contributed by atoms with Gasteiger partial charge in [-0.1, -0.05) is 48.0 Å². The van der Waals surface area contributed by atoms with Gasteiger partial charge in [0.25, 0.3) is 0 Å². The standard InChI is InChI=1S/C14H16BFN/c16-14-3-1-2-13(8-14)15-9-11-4-6-12(10-17)7-5-11/h1-8H,9-10,15,17H2/q-1. The fraction of sp³-hybridized carbons (Fsp3) is 0.143. The van der Waals surface area contributed by atoms with Gasteiger partial charge >= 0.3 is 0 Å². The van der Waals surface area contributed by atoms with Crippen molar-refractivity contribution in [3.63, 3.8) is 0 Å². The molecule has 0 atom stereocenters. The van der Waals surface area contributed by atoms with Crippen LogP contribution in [0.15, 0.2) is 48.5 Å². The van der Waals surface area contributed by atoms with Crippen molar-refractivity contribution in [1.82, 2.24) is 0 Å². The number of hydrogen-bond acceptors (Lipinski definition) is 1. The number of benzene rings is 2. The highest BCUT2D eigenvalue weighted by Crippen LogP contribution is 2.04. The van der Waals surface area contributed by atoms with E-state index in [2.05, 4.69) is 24.3 Å². The zero-order valence-corrected chi connectivity index (χ0v) is 9.99. The molecule has 0 radical (unpaired) electrons. The van der Waals surface area contributed by atoms with Gasteiger partial charge in [-0.05, 0) is 11.6 Å². The van der Waals surface area contributed by atoms with Crippen LogP contribution in [0.25, 0.3) is 0 Å². The van der Waals surface area contributed by atoms with Gasteiger partial charge in [0.15, 0.2) is 0 Å². The summed E-state index contributed by atoms with van der Waals surface area (Å²) in [5.74, 6) is -0.135. The predicted molar refractivity (Wildman–Crippen MR) is 72.6 cm³/mol. The summed E-state index contributed by atoms with van der Waals surface area (Å²) in [6.07, 6.45) is 1.05. The molecule has 1 nitrogen and oxygen atoms in total. The highest BCUT2D eigenvalue weighted by Gasteiger charge is 1.93. The first-order chi connectivity index (χ1) is 8.28. The lowest BCUT2D eigenvalue weighted by Gasteiger charge is -2.08. The fourth-order valence-electron chi connectivity index (χ4n) is 2.14. The Bertz CT molecular complexity index is 482. The van der Waals surface area contributed by atoms with Crippen molar-refractivity contribution in [3.8, 4) is 0 Å². The maximum Gasteiger partial charge on any atom is 0.120 e. The molecule has 0 aliphatic carbocycles. The second-order valence-electron chi connectivity index (χ2n) is 4.53. The van der Waals surface area contributed by atoms with Gasteiger partial charge in [-0.3, -0.25) is 0 Å². The Kier molecular flexibility index (Phi) is 3.94. The van der Waals surface area contributed by atoms with Crippen LogP contribution in [0.3, 0.4) is 0 Å². The molecular formula is C14H16BFN-. The van der Waals surface area contributed by atoms with E-state index in [-0.39, 0.29) is 13.1 Å². The maximum atomic E-state index is 13.0. The SMILES string of the molecule is NCc1ccc(C[BH2-]c2cccc(F)c2)cc1. The summed E-state index contributed by atoms with van der Waals surface area (Å²) in [6, 6.07) is 15.3. The minimum atomic E-state index is -0.293. The third-order valence-electron chi connectivity index (χ3n) is 3.23. The molecule has 2 aromatic rings. The predicted octanol–water partition coefficient (Wildman–Crippen LogP) is 1.28. The Morgan fingerprint density at radius 2 is 1.71 bits per heavy atom. The van der Waals surface area contributed by atoms with Crippen LogP contribution >= 0.6 is 0 Å². The smallest absolute Gasteiger partial charge is 0.120 e. The first-order valence-electron chi connectivity index (χ1n) is 6.15. The molecule has 17 heavy (non-hydrogen) atoms. The molecular weight excluding hydrogens is 212 g/mol. The molecule has 0 unspecified atom stereocenters. The molecule has 0 aliphatic rings. The normalized spacial score (nSPS) is 10.5. The summed E-state index contributed by atoms with van der Waals surface area (Å²) in [6.45, 7) is 0.584. The molecule has 2 N–H and O–H groups in total. The van der Waals surface area contributed by atoms with E-state index in [4.69, 9.17) is 5.73 Å². The van der Waals surface area contributed by atoms with Crippen molar-refractivity contribution in [1.29, 1.82) is 0 Å². The Morgan fingerprint density at radius 3 is 2.35 bits per heavy atom. The van der Waals surface area contributed by atoms with Gasteiger partial charge in [-0.15, -0.1) is 0 Å². The van der Waals surface area contributed by atoms with Crippen molar-refractivity contribution in [2.24, 2.45) is 5.73 Å². The molecule has 0 saturated heterocycles. The Morgan fingerprint density at radius 1 is 1.00 bits per heavy atom. The first kappa shape index (κ1) is 11.9. The lowest BCUT2D eigenvalue weighted by atomic mass is 9.65. The van der Waals surface area contributed by atoms with Crippen molar-refractivity contribution >= 4 is 12.7 Å². The summed E-state index contributed by atoms with van der Waals surface area (Å²) in [5.41, 5.74) is 9.17. The summed E-state index contributed by atoms with van der Waals surface area (Å²) in [4.78, 5) is 0. The molecule has 0 amide bonds. The van der Waals surface area contributed by atoms with E-state index in [0.717, 1.165) is 17.3 Å². The maximum absolute atomic E-state index is 13.0. The van der Waals surface area contributed by atoms with E-state index in [9.17, 15) is 4.39 Å². The van der Waals surface area contributed by atoms with Gasteiger partial charge in [0.1, 0.15) is 5.82 Å². The average molecular weight is 228 g/mol. The molecule has 0 bridgehead atoms. The topological polar surface area (TPSA) is 26.0 Å². The van der Waals surface area contributed by atoms with Gasteiger partial charge in [0, 0.05) is 13.8 Å². The zero-order valence-electron chi connectivity index (χ0n) is 9.99. The quantitative estimate of drug-likeness (QED) is 0.784. The molecule has 3 heteroatoms. The molecule has 0 aromatic heterocycles. The number of rotatable bonds is 4. The zero-order chi connectivity index (χ0) is 12.1. The van der Waals surface area contributed by atoms with E-state index >= 15 is 0 Å². The van der Waals surface area contributed by atoms with E-state index in [0.29, 0.717) is 6.54 Å². The highest BCUT2D eigenvalue weighted by molar-refractivity contribution is 6.52. The summed E-state index contributed by atoms with van der Waals surface area (Å²) < 4.78 is 13.0. The summed E-state index contributed by atoms with van der Waals surface area (Å²) in [7, 11) is -0.293. The van der Waals surface area contributed by atoms with Gasteiger partial charge in [-0.2, -0.15) is 6.32 Å². The lowest BCUT2D eigenvalue weighted by Crippen LogP contribution is -2.16. The molecule has 0 spiro atoms. The second-order valence-corrected chi connectivity index (χ2v) is 4.53. The molecule has 0 aliphatic heterocycles. The average Bonchev–Trinajstić information content (AvgIpc) is 2.37. The molecule has 0 heterocycles.